The standard InChI is InChI=1S/C15H11ClN4O3S2/c1-8-18-19-14(24-8)17-12(21)7-20-13(22)11(25-15(20)23)6-9-2-4-10(16)5-3-9/h2-6H,7H2,1H3,(H,17,19,21)/b11-6-. The molecule has 3 rings (SSSR count). The smallest absolute Gasteiger partial charge is 0.294 e. The number of hydrogen-bond acceptors (Lipinski definition) is 7. The van der Waals surface area contributed by atoms with Crippen molar-refractivity contribution >= 4 is 63.0 Å². The summed E-state index contributed by atoms with van der Waals surface area (Å²) in [5.74, 6) is -1.01. The van der Waals surface area contributed by atoms with E-state index in [9.17, 15) is 14.4 Å². The molecule has 0 saturated carbocycles. The van der Waals surface area contributed by atoms with Crippen LogP contribution in [0.15, 0.2) is 29.2 Å². The van der Waals surface area contributed by atoms with Crippen LogP contribution in [-0.4, -0.2) is 38.7 Å². The van der Waals surface area contributed by atoms with Gasteiger partial charge in [-0.1, -0.05) is 35.1 Å². The van der Waals surface area contributed by atoms with E-state index < -0.39 is 17.1 Å². The van der Waals surface area contributed by atoms with Gasteiger partial charge in [0.15, 0.2) is 0 Å². The number of halogens is 1. The van der Waals surface area contributed by atoms with E-state index in [-0.39, 0.29) is 11.4 Å². The first kappa shape index (κ1) is 17.6. The largest absolute Gasteiger partial charge is 0.299 e. The number of thioether (sulfide) groups is 1. The predicted octanol–water partition coefficient (Wildman–Crippen LogP) is 3.17. The molecular formula is C15H11ClN4O3S2. The van der Waals surface area contributed by atoms with Crippen molar-refractivity contribution in [2.45, 2.75) is 6.92 Å². The number of aromatic nitrogens is 2. The Hall–Kier alpha value is -2.23. The van der Waals surface area contributed by atoms with Gasteiger partial charge < -0.3 is 0 Å². The third-order valence-electron chi connectivity index (χ3n) is 3.12. The number of carbonyl (C=O) groups excluding carboxylic acids is 3. The molecule has 10 heteroatoms. The number of rotatable bonds is 4. The molecule has 0 aliphatic carbocycles. The summed E-state index contributed by atoms with van der Waals surface area (Å²) in [5, 5.41) is 11.2. The average Bonchev–Trinajstić information content (AvgIpc) is 3.08. The van der Waals surface area contributed by atoms with E-state index in [1.54, 1.807) is 37.3 Å². The molecule has 2 aromatic rings. The summed E-state index contributed by atoms with van der Waals surface area (Å²) in [5.41, 5.74) is 0.740. The van der Waals surface area contributed by atoms with Crippen LogP contribution in [0.2, 0.25) is 5.02 Å². The maximum absolute atomic E-state index is 12.4. The van der Waals surface area contributed by atoms with E-state index in [1.165, 1.54) is 11.3 Å². The minimum atomic E-state index is -0.508. The van der Waals surface area contributed by atoms with Crippen LogP contribution in [0.1, 0.15) is 10.6 Å². The molecular weight excluding hydrogens is 384 g/mol. The lowest BCUT2D eigenvalue weighted by Crippen LogP contribution is -2.36. The Kier molecular flexibility index (Phi) is 5.16. The third kappa shape index (κ3) is 4.25. The normalized spacial score (nSPS) is 15.9. The van der Waals surface area contributed by atoms with E-state index in [1.807, 2.05) is 0 Å². The van der Waals surface area contributed by atoms with Crippen LogP contribution in [0.3, 0.4) is 0 Å². The Balaban J connectivity index is 1.68. The van der Waals surface area contributed by atoms with Gasteiger partial charge in [0.2, 0.25) is 11.0 Å². The highest BCUT2D eigenvalue weighted by Gasteiger charge is 2.36. The number of anilines is 1. The van der Waals surface area contributed by atoms with Gasteiger partial charge >= 0.3 is 0 Å². The Morgan fingerprint density at radius 3 is 2.64 bits per heavy atom. The monoisotopic (exact) mass is 394 g/mol. The summed E-state index contributed by atoms with van der Waals surface area (Å²) in [6.07, 6.45) is 1.59. The lowest BCUT2D eigenvalue weighted by molar-refractivity contribution is -0.127. The van der Waals surface area contributed by atoms with E-state index in [2.05, 4.69) is 15.5 Å². The van der Waals surface area contributed by atoms with Crippen molar-refractivity contribution in [1.82, 2.24) is 15.1 Å². The molecule has 1 saturated heterocycles. The van der Waals surface area contributed by atoms with Crippen molar-refractivity contribution in [3.63, 3.8) is 0 Å². The van der Waals surface area contributed by atoms with Gasteiger partial charge in [0.05, 0.1) is 4.91 Å². The third-order valence-corrected chi connectivity index (χ3v) is 5.03. The molecule has 128 valence electrons. The van der Waals surface area contributed by atoms with Gasteiger partial charge in [0.1, 0.15) is 11.6 Å². The molecule has 2 heterocycles. The van der Waals surface area contributed by atoms with Gasteiger partial charge in [-0.2, -0.15) is 0 Å². The fraction of sp³-hybridized carbons (Fsp3) is 0.133. The minimum absolute atomic E-state index is 0.256. The molecule has 1 aromatic heterocycles. The summed E-state index contributed by atoms with van der Waals surface area (Å²) in [6.45, 7) is 1.38. The van der Waals surface area contributed by atoms with Crippen molar-refractivity contribution in [3.8, 4) is 0 Å². The SMILES string of the molecule is Cc1nnc(NC(=O)CN2C(=O)S/C(=C\c3ccc(Cl)cc3)C2=O)s1. The molecule has 1 aliphatic heterocycles. The van der Waals surface area contributed by atoms with E-state index >= 15 is 0 Å². The van der Waals surface area contributed by atoms with Gasteiger partial charge in [0, 0.05) is 5.02 Å². The number of nitrogens with one attached hydrogen (secondary N) is 1. The van der Waals surface area contributed by atoms with Gasteiger partial charge in [-0.25, -0.2) is 0 Å². The molecule has 0 bridgehead atoms. The highest BCUT2D eigenvalue weighted by molar-refractivity contribution is 8.18. The Morgan fingerprint density at radius 2 is 2.00 bits per heavy atom. The summed E-state index contributed by atoms with van der Waals surface area (Å²) in [6, 6.07) is 6.85. The molecule has 1 aliphatic rings. The van der Waals surface area contributed by atoms with Crippen molar-refractivity contribution in [3.05, 3.63) is 44.8 Å². The highest BCUT2D eigenvalue weighted by Crippen LogP contribution is 2.32. The molecule has 3 amide bonds. The Bertz CT molecular complexity index is 879. The number of amides is 3. The Labute approximate surface area is 156 Å². The van der Waals surface area contributed by atoms with E-state index in [0.717, 1.165) is 22.2 Å². The maximum Gasteiger partial charge on any atom is 0.294 e. The molecule has 1 N–H and O–H groups in total. The molecule has 7 nitrogen and oxygen atoms in total. The first-order valence-electron chi connectivity index (χ1n) is 7.03. The predicted molar refractivity (Wildman–Crippen MR) is 97.4 cm³/mol. The molecule has 0 spiro atoms. The fourth-order valence-electron chi connectivity index (χ4n) is 2.00. The summed E-state index contributed by atoms with van der Waals surface area (Å²) >= 11 is 7.82. The number of aryl methyl sites for hydroxylation is 1. The minimum Gasteiger partial charge on any atom is -0.299 e. The van der Waals surface area contributed by atoms with Crippen LogP contribution in [0.25, 0.3) is 6.08 Å². The second kappa shape index (κ2) is 7.34. The number of hydrogen-bond donors (Lipinski definition) is 1. The molecule has 0 unspecified atom stereocenters. The van der Waals surface area contributed by atoms with Gasteiger partial charge in [-0.05, 0) is 42.5 Å². The van der Waals surface area contributed by atoms with Crippen LogP contribution in [0, 0.1) is 6.92 Å². The zero-order valence-corrected chi connectivity index (χ0v) is 15.2. The lowest BCUT2D eigenvalue weighted by atomic mass is 10.2. The maximum atomic E-state index is 12.4. The second-order valence-corrected chi connectivity index (χ2v) is 7.61. The fourth-order valence-corrected chi connectivity index (χ4v) is 3.57. The summed E-state index contributed by atoms with van der Waals surface area (Å²) in [7, 11) is 0. The first-order chi connectivity index (χ1) is 11.9. The molecule has 1 fully saturated rings. The number of benzene rings is 1. The quantitative estimate of drug-likeness (QED) is 0.800. The van der Waals surface area contributed by atoms with E-state index in [0.29, 0.717) is 15.2 Å². The number of imide groups is 1. The Morgan fingerprint density at radius 1 is 1.28 bits per heavy atom. The number of carbonyl (C=O) groups is 3. The zero-order valence-electron chi connectivity index (χ0n) is 12.9. The van der Waals surface area contributed by atoms with Crippen LogP contribution in [0.4, 0.5) is 9.93 Å². The molecule has 0 radical (unpaired) electrons. The molecule has 1 aromatic carbocycles. The zero-order chi connectivity index (χ0) is 18.0. The van der Waals surface area contributed by atoms with Crippen molar-refractivity contribution in [2.24, 2.45) is 0 Å². The lowest BCUT2D eigenvalue weighted by Gasteiger charge is -2.11. The average molecular weight is 395 g/mol. The van der Waals surface area contributed by atoms with Crippen molar-refractivity contribution in [2.75, 3.05) is 11.9 Å². The van der Waals surface area contributed by atoms with Crippen LogP contribution in [-0.2, 0) is 9.59 Å². The summed E-state index contributed by atoms with van der Waals surface area (Å²) < 4.78 is 0. The number of nitrogens with zero attached hydrogens (tertiary/aromatic N) is 3. The van der Waals surface area contributed by atoms with Gasteiger partial charge in [-0.3, -0.25) is 24.6 Å². The van der Waals surface area contributed by atoms with Crippen molar-refractivity contribution in [1.29, 1.82) is 0 Å². The second-order valence-electron chi connectivity index (χ2n) is 4.99. The first-order valence-corrected chi connectivity index (χ1v) is 9.04. The van der Waals surface area contributed by atoms with Gasteiger partial charge in [0.25, 0.3) is 11.1 Å². The summed E-state index contributed by atoms with van der Waals surface area (Å²) in [4.78, 5) is 37.6. The van der Waals surface area contributed by atoms with E-state index in [4.69, 9.17) is 11.6 Å². The van der Waals surface area contributed by atoms with Crippen molar-refractivity contribution < 1.29 is 14.4 Å². The molecule has 0 atom stereocenters. The van der Waals surface area contributed by atoms with Gasteiger partial charge in [-0.15, -0.1) is 10.2 Å². The highest BCUT2D eigenvalue weighted by atomic mass is 35.5. The topological polar surface area (TPSA) is 92.3 Å². The van der Waals surface area contributed by atoms with Crippen LogP contribution < -0.4 is 5.32 Å². The van der Waals surface area contributed by atoms with Crippen LogP contribution in [0.5, 0.6) is 0 Å². The van der Waals surface area contributed by atoms with Crippen LogP contribution >= 0.6 is 34.7 Å². The molecule has 25 heavy (non-hydrogen) atoms.